The van der Waals surface area contributed by atoms with Crippen LogP contribution >= 0.6 is 15.9 Å². The van der Waals surface area contributed by atoms with Crippen LogP contribution in [0.5, 0.6) is 5.75 Å². The van der Waals surface area contributed by atoms with Gasteiger partial charge in [-0.25, -0.2) is 8.42 Å². The fraction of sp³-hybridized carbons (Fsp3) is 0.297. The lowest BCUT2D eigenvalue weighted by atomic mass is 10.0. The topological polar surface area (TPSA) is 96.0 Å². The molecule has 1 N–H and O–H groups in total. The van der Waals surface area contributed by atoms with Crippen molar-refractivity contribution in [2.75, 3.05) is 24.0 Å². The van der Waals surface area contributed by atoms with Gasteiger partial charge in [-0.1, -0.05) is 89.9 Å². The van der Waals surface area contributed by atoms with E-state index in [1.165, 1.54) is 17.0 Å². The summed E-state index contributed by atoms with van der Waals surface area (Å²) in [7, 11) is -4.21. The Hall–Kier alpha value is -4.15. The summed E-state index contributed by atoms with van der Waals surface area (Å²) in [5, 5.41) is 3.01. The van der Waals surface area contributed by atoms with Crippen LogP contribution in [-0.4, -0.2) is 50.9 Å². The van der Waals surface area contributed by atoms with Gasteiger partial charge in [0, 0.05) is 24.0 Å². The number of ether oxygens (including phenoxy) is 1. The van der Waals surface area contributed by atoms with Crippen LogP contribution in [0.3, 0.4) is 0 Å². The predicted molar refractivity (Wildman–Crippen MR) is 190 cm³/mol. The second kappa shape index (κ2) is 16.6. The summed E-state index contributed by atoms with van der Waals surface area (Å²) in [6.45, 7) is 8.21. The van der Waals surface area contributed by atoms with E-state index in [1.54, 1.807) is 36.4 Å². The zero-order valence-electron chi connectivity index (χ0n) is 27.2. The van der Waals surface area contributed by atoms with E-state index in [1.807, 2.05) is 82.3 Å². The van der Waals surface area contributed by atoms with Gasteiger partial charge in [0.2, 0.25) is 11.8 Å². The number of rotatable bonds is 15. The SMILES string of the molecule is CCOc1ccc(S(=O)(=O)N(CC(=O)N(Cc2cccc(Br)c2)[C@@H](Cc2ccccc2)C(=O)NCC(C)C)c2ccc(C)cc2)cc1. The van der Waals surface area contributed by atoms with Crippen LogP contribution in [0.4, 0.5) is 5.69 Å². The highest BCUT2D eigenvalue weighted by molar-refractivity contribution is 9.10. The highest BCUT2D eigenvalue weighted by Gasteiger charge is 2.34. The Morgan fingerprint density at radius 1 is 0.872 bits per heavy atom. The van der Waals surface area contributed by atoms with Crippen molar-refractivity contribution >= 4 is 43.5 Å². The first-order chi connectivity index (χ1) is 22.5. The minimum Gasteiger partial charge on any atom is -0.494 e. The first-order valence-corrected chi connectivity index (χ1v) is 17.9. The minimum absolute atomic E-state index is 0.0170. The second-order valence-electron chi connectivity index (χ2n) is 11.7. The maximum Gasteiger partial charge on any atom is 0.264 e. The van der Waals surface area contributed by atoms with Gasteiger partial charge in [-0.3, -0.25) is 13.9 Å². The zero-order valence-corrected chi connectivity index (χ0v) is 29.6. The third-order valence-corrected chi connectivity index (χ3v) is 9.80. The number of halogens is 1. The summed E-state index contributed by atoms with van der Waals surface area (Å²) in [5.74, 6) is -0.0783. The summed E-state index contributed by atoms with van der Waals surface area (Å²) in [6.07, 6.45) is 0.251. The molecule has 0 radical (unpaired) electrons. The number of aryl methyl sites for hydroxylation is 1. The number of anilines is 1. The molecule has 47 heavy (non-hydrogen) atoms. The largest absolute Gasteiger partial charge is 0.494 e. The van der Waals surface area contributed by atoms with E-state index in [4.69, 9.17) is 4.74 Å². The van der Waals surface area contributed by atoms with E-state index in [0.29, 0.717) is 24.6 Å². The maximum atomic E-state index is 14.6. The van der Waals surface area contributed by atoms with Gasteiger partial charge in [0.15, 0.2) is 0 Å². The first kappa shape index (κ1) is 35.7. The van der Waals surface area contributed by atoms with Crippen LogP contribution in [0.1, 0.15) is 37.5 Å². The van der Waals surface area contributed by atoms with Gasteiger partial charge in [0.25, 0.3) is 10.0 Å². The summed E-state index contributed by atoms with van der Waals surface area (Å²) in [4.78, 5) is 30.0. The standard InChI is InChI=1S/C37H42BrN3O5S/c1-5-46-33-18-20-34(21-19-33)47(44,45)41(32-16-14-28(4)15-17-32)26-36(42)40(25-30-12-9-13-31(38)22-30)35(37(43)39-24-27(2)3)23-29-10-7-6-8-11-29/h6-22,27,35H,5,23-26H2,1-4H3,(H,39,43)/t35-/m0/s1. The lowest BCUT2D eigenvalue weighted by Crippen LogP contribution is -2.53. The molecule has 1 atom stereocenters. The molecule has 0 aliphatic rings. The number of hydrogen-bond acceptors (Lipinski definition) is 5. The van der Waals surface area contributed by atoms with E-state index < -0.39 is 28.5 Å². The Morgan fingerprint density at radius 2 is 1.53 bits per heavy atom. The van der Waals surface area contributed by atoms with Crippen molar-refractivity contribution in [1.29, 1.82) is 0 Å². The quantitative estimate of drug-likeness (QED) is 0.147. The van der Waals surface area contributed by atoms with Crippen LogP contribution in [0.2, 0.25) is 0 Å². The van der Waals surface area contributed by atoms with Crippen molar-refractivity contribution in [2.45, 2.75) is 51.6 Å². The number of hydrogen-bond donors (Lipinski definition) is 1. The molecule has 0 aliphatic carbocycles. The third kappa shape index (κ3) is 9.92. The van der Waals surface area contributed by atoms with Crippen LogP contribution in [0.15, 0.2) is 112 Å². The Bertz CT molecular complexity index is 1730. The Balaban J connectivity index is 1.79. The third-order valence-electron chi connectivity index (χ3n) is 7.52. The predicted octanol–water partition coefficient (Wildman–Crippen LogP) is 6.76. The molecule has 0 bridgehead atoms. The molecule has 0 fully saturated rings. The number of nitrogens with one attached hydrogen (secondary N) is 1. The highest BCUT2D eigenvalue weighted by Crippen LogP contribution is 2.27. The minimum atomic E-state index is -4.21. The highest BCUT2D eigenvalue weighted by atomic mass is 79.9. The average molecular weight is 721 g/mol. The second-order valence-corrected chi connectivity index (χ2v) is 14.5. The summed E-state index contributed by atoms with van der Waals surface area (Å²) in [6, 6.07) is 29.2. The number of nitrogens with zero attached hydrogens (tertiary/aromatic N) is 2. The van der Waals surface area contributed by atoms with E-state index in [-0.39, 0.29) is 29.7 Å². The number of amides is 2. The molecule has 4 aromatic carbocycles. The molecule has 8 nitrogen and oxygen atoms in total. The zero-order chi connectivity index (χ0) is 34.0. The molecular formula is C37H42BrN3O5S. The Labute approximate surface area is 286 Å². The van der Waals surface area contributed by atoms with Crippen molar-refractivity contribution in [3.8, 4) is 5.75 Å². The van der Waals surface area contributed by atoms with E-state index >= 15 is 0 Å². The summed E-state index contributed by atoms with van der Waals surface area (Å²) in [5.41, 5.74) is 2.95. The van der Waals surface area contributed by atoms with Crippen molar-refractivity contribution in [2.24, 2.45) is 5.92 Å². The molecular weight excluding hydrogens is 678 g/mol. The molecule has 0 unspecified atom stereocenters. The van der Waals surface area contributed by atoms with Gasteiger partial charge in [-0.15, -0.1) is 0 Å². The van der Waals surface area contributed by atoms with Gasteiger partial charge in [0.05, 0.1) is 17.2 Å². The Kier molecular flexibility index (Phi) is 12.6. The van der Waals surface area contributed by atoms with Crippen LogP contribution in [0.25, 0.3) is 0 Å². The summed E-state index contributed by atoms with van der Waals surface area (Å²) >= 11 is 3.51. The van der Waals surface area contributed by atoms with Crippen molar-refractivity contribution in [3.63, 3.8) is 0 Å². The summed E-state index contributed by atoms with van der Waals surface area (Å²) < 4.78 is 36.0. The lowest BCUT2D eigenvalue weighted by molar-refractivity contribution is -0.140. The molecule has 4 rings (SSSR count). The van der Waals surface area contributed by atoms with E-state index in [2.05, 4.69) is 21.2 Å². The van der Waals surface area contributed by atoms with Crippen LogP contribution in [-0.2, 0) is 32.6 Å². The van der Waals surface area contributed by atoms with E-state index in [0.717, 1.165) is 25.5 Å². The van der Waals surface area contributed by atoms with Gasteiger partial charge in [-0.2, -0.15) is 0 Å². The number of sulfonamides is 1. The lowest BCUT2D eigenvalue weighted by Gasteiger charge is -2.34. The fourth-order valence-electron chi connectivity index (χ4n) is 5.05. The smallest absolute Gasteiger partial charge is 0.264 e. The normalized spacial score (nSPS) is 12.0. The van der Waals surface area contributed by atoms with Crippen molar-refractivity contribution in [3.05, 3.63) is 124 Å². The molecule has 10 heteroatoms. The number of benzene rings is 4. The first-order valence-electron chi connectivity index (χ1n) is 15.7. The van der Waals surface area contributed by atoms with Crippen molar-refractivity contribution < 1.29 is 22.7 Å². The molecule has 0 aromatic heterocycles. The molecule has 0 heterocycles. The molecule has 0 aliphatic heterocycles. The monoisotopic (exact) mass is 719 g/mol. The van der Waals surface area contributed by atoms with Gasteiger partial charge >= 0.3 is 0 Å². The molecule has 2 amide bonds. The van der Waals surface area contributed by atoms with Gasteiger partial charge in [-0.05, 0) is 79.4 Å². The molecule has 4 aromatic rings. The van der Waals surface area contributed by atoms with Gasteiger partial charge in [0.1, 0.15) is 18.3 Å². The number of carbonyl (C=O) groups excluding carboxylic acids is 2. The van der Waals surface area contributed by atoms with Gasteiger partial charge < -0.3 is 15.0 Å². The molecule has 248 valence electrons. The molecule has 0 saturated heterocycles. The number of carbonyl (C=O) groups is 2. The van der Waals surface area contributed by atoms with Crippen LogP contribution < -0.4 is 14.4 Å². The molecule has 0 spiro atoms. The average Bonchev–Trinajstić information content (AvgIpc) is 3.05. The molecule has 0 saturated carbocycles. The fourth-order valence-corrected chi connectivity index (χ4v) is 6.91. The Morgan fingerprint density at radius 3 is 2.15 bits per heavy atom. The maximum absolute atomic E-state index is 14.6. The van der Waals surface area contributed by atoms with E-state index in [9.17, 15) is 18.0 Å². The van der Waals surface area contributed by atoms with Crippen molar-refractivity contribution in [1.82, 2.24) is 10.2 Å². The van der Waals surface area contributed by atoms with Crippen LogP contribution in [0, 0.1) is 12.8 Å².